The molecule has 2 N–H and O–H groups in total. The largest absolute Gasteiger partial charge is 0.497 e. The van der Waals surface area contributed by atoms with E-state index < -0.39 is 0 Å². The Hall–Kier alpha value is -2.06. The second-order valence-electron chi connectivity index (χ2n) is 3.81. The van der Waals surface area contributed by atoms with Crippen molar-refractivity contribution in [2.45, 2.75) is 13.0 Å². The van der Waals surface area contributed by atoms with Gasteiger partial charge in [0.05, 0.1) is 19.7 Å². The molecule has 0 bridgehead atoms. The van der Waals surface area contributed by atoms with Crippen LogP contribution in [0.15, 0.2) is 24.3 Å². The van der Waals surface area contributed by atoms with E-state index in [0.29, 0.717) is 0 Å². The summed E-state index contributed by atoms with van der Waals surface area (Å²) in [6, 6.07) is 9.57. The molecule has 0 radical (unpaired) electrons. The minimum absolute atomic E-state index is 0.0391. The number of hydrogen-bond acceptors (Lipinski definition) is 4. The first kappa shape index (κ1) is 14.0. The fourth-order valence-electron chi connectivity index (χ4n) is 1.46. The van der Waals surface area contributed by atoms with Crippen LogP contribution in [-0.2, 0) is 4.79 Å². The van der Waals surface area contributed by atoms with E-state index in [-0.39, 0.29) is 25.0 Å². The van der Waals surface area contributed by atoms with Crippen LogP contribution >= 0.6 is 0 Å². The molecule has 0 aliphatic rings. The van der Waals surface area contributed by atoms with Crippen molar-refractivity contribution in [3.8, 4) is 11.8 Å². The molecule has 0 fully saturated rings. The van der Waals surface area contributed by atoms with Gasteiger partial charge in [-0.25, -0.2) is 0 Å². The molecule has 0 spiro atoms. The van der Waals surface area contributed by atoms with Gasteiger partial charge in [0.25, 0.3) is 0 Å². The Labute approximate surface area is 107 Å². The third-order valence-corrected chi connectivity index (χ3v) is 2.55. The van der Waals surface area contributed by atoms with Gasteiger partial charge in [0.1, 0.15) is 12.3 Å². The second kappa shape index (κ2) is 7.30. The number of carbonyl (C=O) groups is 1. The maximum Gasteiger partial charge on any atom is 0.234 e. The summed E-state index contributed by atoms with van der Waals surface area (Å²) in [6.07, 6.45) is 0. The number of benzene rings is 1. The molecule has 1 rings (SSSR count). The summed E-state index contributed by atoms with van der Waals surface area (Å²) in [4.78, 5) is 11.3. The van der Waals surface area contributed by atoms with E-state index in [1.165, 1.54) is 0 Å². The smallest absolute Gasteiger partial charge is 0.234 e. The van der Waals surface area contributed by atoms with Gasteiger partial charge in [-0.3, -0.25) is 4.79 Å². The maximum absolute atomic E-state index is 11.3. The van der Waals surface area contributed by atoms with Gasteiger partial charge in [-0.1, -0.05) is 12.1 Å². The van der Waals surface area contributed by atoms with Crippen molar-refractivity contribution in [2.24, 2.45) is 0 Å². The molecule has 5 heteroatoms. The van der Waals surface area contributed by atoms with Crippen molar-refractivity contribution in [3.05, 3.63) is 29.8 Å². The van der Waals surface area contributed by atoms with Gasteiger partial charge in [0.15, 0.2) is 0 Å². The van der Waals surface area contributed by atoms with Crippen LogP contribution in [0.4, 0.5) is 0 Å². The SMILES string of the molecule is COc1ccc([C@@H](C)NCC(=O)NCC#N)cc1. The van der Waals surface area contributed by atoms with Crippen LogP contribution in [0.3, 0.4) is 0 Å². The van der Waals surface area contributed by atoms with Gasteiger partial charge in [0, 0.05) is 6.04 Å². The zero-order valence-electron chi connectivity index (χ0n) is 10.6. The van der Waals surface area contributed by atoms with Gasteiger partial charge < -0.3 is 15.4 Å². The molecule has 0 saturated heterocycles. The number of rotatable bonds is 6. The molecule has 0 saturated carbocycles. The molecule has 96 valence electrons. The molecule has 0 aliphatic carbocycles. The van der Waals surface area contributed by atoms with Crippen molar-refractivity contribution in [3.63, 3.8) is 0 Å². The molecule has 0 aliphatic heterocycles. The number of carbonyl (C=O) groups excluding carboxylic acids is 1. The van der Waals surface area contributed by atoms with E-state index in [2.05, 4.69) is 10.6 Å². The first-order valence-electron chi connectivity index (χ1n) is 5.68. The summed E-state index contributed by atoms with van der Waals surface area (Å²) in [6.45, 7) is 2.20. The highest BCUT2D eigenvalue weighted by Crippen LogP contribution is 2.16. The van der Waals surface area contributed by atoms with E-state index in [1.807, 2.05) is 37.3 Å². The lowest BCUT2D eigenvalue weighted by atomic mass is 10.1. The highest BCUT2D eigenvalue weighted by atomic mass is 16.5. The average Bonchev–Trinajstić information content (AvgIpc) is 2.42. The Bertz CT molecular complexity index is 423. The number of hydrogen-bond donors (Lipinski definition) is 2. The number of nitriles is 1. The second-order valence-corrected chi connectivity index (χ2v) is 3.81. The topological polar surface area (TPSA) is 74.2 Å². The predicted octanol–water partition coefficient (Wildman–Crippen LogP) is 0.986. The van der Waals surface area contributed by atoms with Gasteiger partial charge in [-0.15, -0.1) is 0 Å². The van der Waals surface area contributed by atoms with E-state index in [0.717, 1.165) is 11.3 Å². The zero-order chi connectivity index (χ0) is 13.4. The number of nitrogens with one attached hydrogen (secondary N) is 2. The van der Waals surface area contributed by atoms with Gasteiger partial charge in [0.2, 0.25) is 5.91 Å². The lowest BCUT2D eigenvalue weighted by Crippen LogP contribution is -2.35. The minimum Gasteiger partial charge on any atom is -0.497 e. The third-order valence-electron chi connectivity index (χ3n) is 2.55. The predicted molar refractivity (Wildman–Crippen MR) is 68.0 cm³/mol. The number of nitrogens with zero attached hydrogens (tertiary/aromatic N) is 1. The fourth-order valence-corrected chi connectivity index (χ4v) is 1.46. The summed E-state index contributed by atoms with van der Waals surface area (Å²) in [5.74, 6) is 0.620. The van der Waals surface area contributed by atoms with E-state index in [4.69, 9.17) is 10.00 Å². The van der Waals surface area contributed by atoms with E-state index >= 15 is 0 Å². The van der Waals surface area contributed by atoms with Crippen LogP contribution < -0.4 is 15.4 Å². The lowest BCUT2D eigenvalue weighted by molar-refractivity contribution is -0.120. The lowest BCUT2D eigenvalue weighted by Gasteiger charge is -2.14. The molecule has 0 aromatic heterocycles. The molecule has 1 aromatic rings. The molecule has 1 aromatic carbocycles. The van der Waals surface area contributed by atoms with Crippen molar-refractivity contribution < 1.29 is 9.53 Å². The molecule has 0 unspecified atom stereocenters. The Morgan fingerprint density at radius 3 is 2.67 bits per heavy atom. The van der Waals surface area contributed by atoms with Crippen LogP contribution in [0.1, 0.15) is 18.5 Å². The van der Waals surface area contributed by atoms with Gasteiger partial charge >= 0.3 is 0 Å². The number of ether oxygens (including phenoxy) is 1. The van der Waals surface area contributed by atoms with Crippen LogP contribution in [0.5, 0.6) is 5.75 Å². The highest BCUT2D eigenvalue weighted by molar-refractivity contribution is 5.78. The van der Waals surface area contributed by atoms with Crippen LogP contribution in [0, 0.1) is 11.3 Å². The molecular weight excluding hydrogens is 230 g/mol. The Kier molecular flexibility index (Phi) is 5.68. The normalized spacial score (nSPS) is 11.4. The van der Waals surface area contributed by atoms with Crippen LogP contribution in [0.2, 0.25) is 0 Å². The van der Waals surface area contributed by atoms with Crippen LogP contribution in [0.25, 0.3) is 0 Å². The maximum atomic E-state index is 11.3. The Morgan fingerprint density at radius 2 is 2.11 bits per heavy atom. The summed E-state index contributed by atoms with van der Waals surface area (Å²) < 4.78 is 5.08. The molecule has 1 amide bonds. The van der Waals surface area contributed by atoms with Crippen molar-refractivity contribution in [1.29, 1.82) is 5.26 Å². The zero-order valence-corrected chi connectivity index (χ0v) is 10.6. The third kappa shape index (κ3) is 4.44. The number of methoxy groups -OCH3 is 1. The standard InChI is InChI=1S/C13H17N3O2/c1-10(16-9-13(17)15-8-7-14)11-3-5-12(18-2)6-4-11/h3-6,10,16H,8-9H2,1-2H3,(H,15,17)/t10-/m1/s1. The van der Waals surface area contributed by atoms with Crippen molar-refractivity contribution in [2.75, 3.05) is 20.2 Å². The average molecular weight is 247 g/mol. The molecule has 5 nitrogen and oxygen atoms in total. The number of amides is 1. The highest BCUT2D eigenvalue weighted by Gasteiger charge is 2.07. The minimum atomic E-state index is -0.183. The Balaban J connectivity index is 2.42. The first-order chi connectivity index (χ1) is 8.67. The van der Waals surface area contributed by atoms with E-state index in [9.17, 15) is 4.79 Å². The van der Waals surface area contributed by atoms with Crippen molar-refractivity contribution in [1.82, 2.24) is 10.6 Å². The Morgan fingerprint density at radius 1 is 1.44 bits per heavy atom. The van der Waals surface area contributed by atoms with Crippen molar-refractivity contribution >= 4 is 5.91 Å². The van der Waals surface area contributed by atoms with E-state index in [1.54, 1.807) is 7.11 Å². The summed E-state index contributed by atoms with van der Waals surface area (Å²) in [5, 5.41) is 13.9. The summed E-state index contributed by atoms with van der Waals surface area (Å²) in [5.41, 5.74) is 1.07. The fraction of sp³-hybridized carbons (Fsp3) is 0.385. The van der Waals surface area contributed by atoms with Gasteiger partial charge in [-0.2, -0.15) is 5.26 Å². The quantitative estimate of drug-likeness (QED) is 0.735. The molecule has 0 heterocycles. The molecular formula is C13H17N3O2. The molecule has 1 atom stereocenters. The van der Waals surface area contributed by atoms with Gasteiger partial charge in [-0.05, 0) is 24.6 Å². The first-order valence-corrected chi connectivity index (χ1v) is 5.68. The molecule has 18 heavy (non-hydrogen) atoms. The van der Waals surface area contributed by atoms with Crippen LogP contribution in [-0.4, -0.2) is 26.1 Å². The summed E-state index contributed by atoms with van der Waals surface area (Å²) >= 11 is 0. The summed E-state index contributed by atoms with van der Waals surface area (Å²) in [7, 11) is 1.62. The monoisotopic (exact) mass is 247 g/mol.